The van der Waals surface area contributed by atoms with Crippen LogP contribution in [0, 0.1) is 12.8 Å². The van der Waals surface area contributed by atoms with Gasteiger partial charge in [0.2, 0.25) is 5.91 Å². The van der Waals surface area contributed by atoms with Gasteiger partial charge in [-0.3, -0.25) is 14.3 Å². The minimum Gasteiger partial charge on any atom is -0.320 e. The molecule has 1 atom stereocenters. The Kier molecular flexibility index (Phi) is 4.19. The minimum atomic E-state index is -0.202. The number of nitrogens with one attached hydrogen (secondary N) is 1. The minimum absolute atomic E-state index is 0.104. The molecule has 0 spiro atoms. The van der Waals surface area contributed by atoms with Gasteiger partial charge in [-0.25, -0.2) is 4.68 Å². The molecule has 0 radical (unpaired) electrons. The topological polar surface area (TPSA) is 56.0 Å². The Bertz CT molecular complexity index is 800. The molecular formula is C18H21N3O2. The van der Waals surface area contributed by atoms with E-state index in [0.29, 0.717) is 12.1 Å². The van der Waals surface area contributed by atoms with Crippen LogP contribution >= 0.6 is 0 Å². The summed E-state index contributed by atoms with van der Waals surface area (Å²) in [4.78, 5) is 24.9. The van der Waals surface area contributed by atoms with Gasteiger partial charge in [-0.1, -0.05) is 30.4 Å². The van der Waals surface area contributed by atoms with E-state index in [-0.39, 0.29) is 17.4 Å². The number of para-hydroxylation sites is 1. The largest absolute Gasteiger partial charge is 0.320 e. The first-order valence-electron chi connectivity index (χ1n) is 7.88. The number of rotatable bonds is 4. The third-order valence-electron chi connectivity index (χ3n) is 4.38. The highest BCUT2D eigenvalue weighted by molar-refractivity contribution is 5.91. The molecule has 3 rings (SSSR count). The van der Waals surface area contributed by atoms with Crippen molar-refractivity contribution in [2.45, 2.75) is 26.2 Å². The molecule has 23 heavy (non-hydrogen) atoms. The van der Waals surface area contributed by atoms with Gasteiger partial charge in [-0.05, 0) is 37.8 Å². The van der Waals surface area contributed by atoms with E-state index in [2.05, 4.69) is 17.5 Å². The Morgan fingerprint density at radius 1 is 1.30 bits per heavy atom. The van der Waals surface area contributed by atoms with Crippen molar-refractivity contribution in [2.75, 3.05) is 5.32 Å². The van der Waals surface area contributed by atoms with Gasteiger partial charge in [-0.15, -0.1) is 0 Å². The maximum atomic E-state index is 12.7. The zero-order chi connectivity index (χ0) is 16.4. The first kappa shape index (κ1) is 15.3. The van der Waals surface area contributed by atoms with E-state index in [1.54, 1.807) is 9.36 Å². The fourth-order valence-electron chi connectivity index (χ4n) is 3.01. The molecule has 0 bridgehead atoms. The second-order valence-electron chi connectivity index (χ2n) is 5.95. The van der Waals surface area contributed by atoms with Crippen LogP contribution in [0.2, 0.25) is 0 Å². The van der Waals surface area contributed by atoms with Gasteiger partial charge in [0.05, 0.1) is 11.4 Å². The maximum absolute atomic E-state index is 12.7. The van der Waals surface area contributed by atoms with E-state index < -0.39 is 0 Å². The van der Waals surface area contributed by atoms with Gasteiger partial charge >= 0.3 is 0 Å². The van der Waals surface area contributed by atoms with Crippen molar-refractivity contribution >= 4 is 11.6 Å². The summed E-state index contributed by atoms with van der Waals surface area (Å²) < 4.78 is 3.34. The van der Waals surface area contributed by atoms with Crippen molar-refractivity contribution < 1.29 is 4.79 Å². The summed E-state index contributed by atoms with van der Waals surface area (Å²) >= 11 is 0. The molecule has 1 amide bonds. The summed E-state index contributed by atoms with van der Waals surface area (Å²) in [6, 6.07) is 9.41. The van der Waals surface area contributed by atoms with E-state index in [9.17, 15) is 9.59 Å². The molecule has 1 aliphatic carbocycles. The van der Waals surface area contributed by atoms with Crippen molar-refractivity contribution in [1.82, 2.24) is 9.36 Å². The van der Waals surface area contributed by atoms with E-state index in [1.807, 2.05) is 44.3 Å². The van der Waals surface area contributed by atoms with Crippen LogP contribution in [0.25, 0.3) is 5.69 Å². The van der Waals surface area contributed by atoms with Crippen molar-refractivity contribution in [1.29, 1.82) is 0 Å². The number of amides is 1. The predicted octanol–water partition coefficient (Wildman–Crippen LogP) is 2.78. The second-order valence-corrected chi connectivity index (χ2v) is 5.95. The molecule has 120 valence electrons. The van der Waals surface area contributed by atoms with Crippen LogP contribution in [0.15, 0.2) is 47.3 Å². The number of benzene rings is 1. The molecule has 0 unspecified atom stereocenters. The third kappa shape index (κ3) is 2.99. The molecule has 1 N–H and O–H groups in total. The molecule has 5 heteroatoms. The van der Waals surface area contributed by atoms with Gasteiger partial charge in [-0.2, -0.15) is 0 Å². The summed E-state index contributed by atoms with van der Waals surface area (Å²) in [5.41, 5.74) is 1.69. The number of aromatic nitrogens is 2. The molecule has 1 aliphatic rings. The Labute approximate surface area is 135 Å². The van der Waals surface area contributed by atoms with Crippen molar-refractivity contribution in [3.63, 3.8) is 0 Å². The lowest BCUT2D eigenvalue weighted by atomic mass is 10.1. The molecule has 0 saturated carbocycles. The number of carbonyl (C=O) groups is 1. The van der Waals surface area contributed by atoms with Crippen LogP contribution in [-0.4, -0.2) is 15.3 Å². The van der Waals surface area contributed by atoms with Gasteiger partial charge in [0.1, 0.15) is 5.69 Å². The number of hydrogen-bond donors (Lipinski definition) is 1. The molecule has 0 saturated heterocycles. The molecule has 5 nitrogen and oxygen atoms in total. The van der Waals surface area contributed by atoms with E-state index >= 15 is 0 Å². The molecule has 0 aliphatic heterocycles. The van der Waals surface area contributed by atoms with Gasteiger partial charge in [0.15, 0.2) is 0 Å². The van der Waals surface area contributed by atoms with Gasteiger partial charge in [0.25, 0.3) is 5.56 Å². The van der Waals surface area contributed by atoms with Crippen LogP contribution in [0.4, 0.5) is 5.69 Å². The van der Waals surface area contributed by atoms with Gasteiger partial charge in [0, 0.05) is 13.5 Å². The highest BCUT2D eigenvalue weighted by atomic mass is 16.2. The van der Waals surface area contributed by atoms with Crippen molar-refractivity contribution in [2.24, 2.45) is 13.0 Å². The van der Waals surface area contributed by atoms with Gasteiger partial charge < -0.3 is 5.32 Å². The predicted molar refractivity (Wildman–Crippen MR) is 90.9 cm³/mol. The zero-order valence-corrected chi connectivity index (χ0v) is 13.5. The Morgan fingerprint density at radius 2 is 2.04 bits per heavy atom. The van der Waals surface area contributed by atoms with Crippen LogP contribution < -0.4 is 10.9 Å². The summed E-state index contributed by atoms with van der Waals surface area (Å²) in [5.74, 6) is 0.183. The standard InChI is InChI=1S/C18H21N3O2/c1-13-17(19-16(22)12-14-8-6-7-9-14)18(23)21(20(13)2)15-10-4-3-5-11-15/h3-6,8,10-11,14H,7,9,12H2,1-2H3,(H,19,22)/t14-/m1/s1. The highest BCUT2D eigenvalue weighted by Crippen LogP contribution is 2.21. The summed E-state index contributed by atoms with van der Waals surface area (Å²) in [6.07, 6.45) is 6.65. The lowest BCUT2D eigenvalue weighted by Gasteiger charge is -2.08. The van der Waals surface area contributed by atoms with Crippen molar-refractivity contribution in [3.05, 3.63) is 58.5 Å². The first-order valence-corrected chi connectivity index (χ1v) is 7.88. The quantitative estimate of drug-likeness (QED) is 0.883. The monoisotopic (exact) mass is 311 g/mol. The number of carbonyl (C=O) groups excluding carboxylic acids is 1. The fourth-order valence-corrected chi connectivity index (χ4v) is 3.01. The maximum Gasteiger partial charge on any atom is 0.295 e. The normalized spacial score (nSPS) is 16.7. The van der Waals surface area contributed by atoms with E-state index in [4.69, 9.17) is 0 Å². The highest BCUT2D eigenvalue weighted by Gasteiger charge is 2.20. The fraction of sp³-hybridized carbons (Fsp3) is 0.333. The van der Waals surface area contributed by atoms with Crippen molar-refractivity contribution in [3.8, 4) is 5.69 Å². The van der Waals surface area contributed by atoms with Crippen LogP contribution in [0.5, 0.6) is 0 Å². The van der Waals surface area contributed by atoms with Crippen LogP contribution in [0.3, 0.4) is 0 Å². The molecule has 1 heterocycles. The number of anilines is 1. The molecule has 1 aromatic heterocycles. The van der Waals surface area contributed by atoms with E-state index in [1.165, 1.54) is 0 Å². The summed E-state index contributed by atoms with van der Waals surface area (Å²) in [5, 5.41) is 2.81. The van der Waals surface area contributed by atoms with E-state index in [0.717, 1.165) is 24.2 Å². The number of nitrogens with zero attached hydrogens (tertiary/aromatic N) is 2. The lowest BCUT2D eigenvalue weighted by molar-refractivity contribution is -0.116. The van der Waals surface area contributed by atoms with Crippen LogP contribution in [0.1, 0.15) is 25.0 Å². The second kappa shape index (κ2) is 6.28. The summed E-state index contributed by atoms with van der Waals surface area (Å²) in [7, 11) is 1.82. The number of allylic oxidation sites excluding steroid dienone is 2. The third-order valence-corrected chi connectivity index (χ3v) is 4.38. The molecule has 2 aromatic rings. The lowest BCUT2D eigenvalue weighted by Crippen LogP contribution is -2.23. The van der Waals surface area contributed by atoms with Crippen LogP contribution in [-0.2, 0) is 11.8 Å². The molecular weight excluding hydrogens is 290 g/mol. The smallest absolute Gasteiger partial charge is 0.295 e. The Morgan fingerprint density at radius 3 is 2.70 bits per heavy atom. The average molecular weight is 311 g/mol. The molecule has 1 aromatic carbocycles. The number of hydrogen-bond acceptors (Lipinski definition) is 2. The SMILES string of the molecule is Cc1c(NC(=O)C[C@@H]2C=CCC2)c(=O)n(-c2ccccc2)n1C. The summed E-state index contributed by atoms with van der Waals surface area (Å²) in [6.45, 7) is 1.84. The first-order chi connectivity index (χ1) is 11.1. The zero-order valence-electron chi connectivity index (χ0n) is 13.5. The Hall–Kier alpha value is -2.56. The Balaban J connectivity index is 1.87. The molecule has 0 fully saturated rings. The average Bonchev–Trinajstić information content (AvgIpc) is 3.12.